The molecule has 0 bridgehead atoms. The first-order valence-electron chi connectivity index (χ1n) is 13.4. The van der Waals surface area contributed by atoms with Gasteiger partial charge in [0.05, 0.1) is 44.3 Å². The molecular formula is C31H32BrN3O6. The van der Waals surface area contributed by atoms with E-state index in [1.807, 2.05) is 36.4 Å². The Morgan fingerprint density at radius 2 is 1.73 bits per heavy atom. The molecule has 214 valence electrons. The zero-order valence-electron chi connectivity index (χ0n) is 23.0. The van der Waals surface area contributed by atoms with Crippen LogP contribution < -0.4 is 20.7 Å². The number of likely N-dealkylation sites (tertiary alicyclic amines) is 1. The minimum Gasteiger partial charge on any atom is -0.493 e. The second-order valence-corrected chi connectivity index (χ2v) is 10.9. The highest BCUT2D eigenvalue weighted by atomic mass is 79.9. The fraction of sp³-hybridized carbons (Fsp3) is 0.323. The molecule has 1 aliphatic heterocycles. The van der Waals surface area contributed by atoms with Crippen molar-refractivity contribution in [2.24, 2.45) is 0 Å². The molecule has 5 rings (SSSR count). The molecular weight excluding hydrogens is 590 g/mol. The van der Waals surface area contributed by atoms with Gasteiger partial charge < -0.3 is 19.1 Å². The fourth-order valence-corrected chi connectivity index (χ4v) is 5.68. The number of halogens is 1. The Hall–Kier alpha value is -3.89. The topological polar surface area (TPSA) is 92.0 Å². The van der Waals surface area contributed by atoms with Crippen molar-refractivity contribution >= 4 is 32.7 Å². The molecule has 0 aliphatic carbocycles. The van der Waals surface area contributed by atoms with Crippen LogP contribution in [-0.2, 0) is 22.7 Å². The predicted octanol–water partition coefficient (Wildman–Crippen LogP) is 4.37. The Balaban J connectivity index is 1.45. The van der Waals surface area contributed by atoms with E-state index < -0.39 is 5.69 Å². The summed E-state index contributed by atoms with van der Waals surface area (Å²) in [4.78, 5) is 42.4. The van der Waals surface area contributed by atoms with Gasteiger partial charge in [-0.3, -0.25) is 18.7 Å². The van der Waals surface area contributed by atoms with Crippen LogP contribution in [0.15, 0.2) is 80.8 Å². The lowest BCUT2D eigenvalue weighted by atomic mass is 10.0. The number of carbonyl (C=O) groups excluding carboxylic acids is 1. The summed E-state index contributed by atoms with van der Waals surface area (Å²) in [5, 5.41) is 0.425. The number of fused-ring (bicyclic) bond motifs is 1. The van der Waals surface area contributed by atoms with Crippen LogP contribution in [-0.4, -0.2) is 53.9 Å². The molecule has 3 aromatic carbocycles. The minimum atomic E-state index is -0.417. The Morgan fingerprint density at radius 3 is 2.49 bits per heavy atom. The van der Waals surface area contributed by atoms with Gasteiger partial charge in [0.2, 0.25) is 5.91 Å². The molecule has 1 amide bonds. The summed E-state index contributed by atoms with van der Waals surface area (Å²) in [6.45, 7) is 1.32. The molecule has 0 radical (unpaired) electrons. The molecule has 4 aromatic rings. The highest BCUT2D eigenvalue weighted by Crippen LogP contribution is 2.28. The summed E-state index contributed by atoms with van der Waals surface area (Å²) in [7, 11) is 3.09. The standard InChI is InChI=1S/C31H32BrN3O6/c1-39-27-13-10-22(15-28(27)40-2)17-34-30(37)25-16-23(32)11-12-26(25)35(31(34)38)24-9-6-14-33(18-24)29(36)20-41-19-21-7-4-3-5-8-21/h3-5,7-8,10-13,15-16,24H,6,9,14,17-20H2,1-2H3. The monoisotopic (exact) mass is 621 g/mol. The van der Waals surface area contributed by atoms with Crippen LogP contribution in [0.5, 0.6) is 11.5 Å². The van der Waals surface area contributed by atoms with E-state index in [-0.39, 0.29) is 30.7 Å². The van der Waals surface area contributed by atoms with E-state index in [0.29, 0.717) is 48.5 Å². The molecule has 41 heavy (non-hydrogen) atoms. The maximum absolute atomic E-state index is 14.0. The third kappa shape index (κ3) is 6.23. The molecule has 0 spiro atoms. The molecule has 2 heterocycles. The van der Waals surface area contributed by atoms with Crippen molar-refractivity contribution in [2.45, 2.75) is 32.0 Å². The first-order valence-corrected chi connectivity index (χ1v) is 14.2. The van der Waals surface area contributed by atoms with Gasteiger partial charge >= 0.3 is 5.69 Å². The smallest absolute Gasteiger partial charge is 0.332 e. The van der Waals surface area contributed by atoms with Crippen LogP contribution in [0.2, 0.25) is 0 Å². The van der Waals surface area contributed by atoms with Gasteiger partial charge in [-0.15, -0.1) is 0 Å². The SMILES string of the molecule is COc1ccc(Cn2c(=O)c3cc(Br)ccc3n(C3CCCN(C(=O)COCc4ccccc4)C3)c2=O)cc1OC. The molecule has 1 aromatic heterocycles. The number of aromatic nitrogens is 2. The Kier molecular flexibility index (Phi) is 8.90. The number of methoxy groups -OCH3 is 2. The minimum absolute atomic E-state index is 0.0387. The van der Waals surface area contributed by atoms with Gasteiger partial charge in [0.15, 0.2) is 11.5 Å². The first kappa shape index (κ1) is 28.6. The van der Waals surface area contributed by atoms with Crippen LogP contribution in [0, 0.1) is 0 Å². The van der Waals surface area contributed by atoms with E-state index in [2.05, 4.69) is 15.9 Å². The molecule has 1 unspecified atom stereocenters. The van der Waals surface area contributed by atoms with Crippen molar-refractivity contribution in [3.8, 4) is 11.5 Å². The number of hydrogen-bond donors (Lipinski definition) is 0. The normalized spacial score (nSPS) is 15.2. The number of carbonyl (C=O) groups is 1. The summed E-state index contributed by atoms with van der Waals surface area (Å²) < 4.78 is 20.1. The maximum atomic E-state index is 14.0. The molecule has 1 saturated heterocycles. The van der Waals surface area contributed by atoms with Gasteiger partial charge in [0, 0.05) is 17.6 Å². The molecule has 1 aliphatic rings. The lowest BCUT2D eigenvalue weighted by molar-refractivity contribution is -0.138. The van der Waals surface area contributed by atoms with E-state index in [9.17, 15) is 14.4 Å². The van der Waals surface area contributed by atoms with E-state index in [0.717, 1.165) is 22.0 Å². The fourth-order valence-electron chi connectivity index (χ4n) is 5.32. The molecule has 10 heteroatoms. The number of ether oxygens (including phenoxy) is 3. The van der Waals surface area contributed by atoms with E-state index in [1.54, 1.807) is 46.9 Å². The Labute approximate surface area is 246 Å². The zero-order valence-corrected chi connectivity index (χ0v) is 24.6. The van der Waals surface area contributed by atoms with E-state index in [4.69, 9.17) is 14.2 Å². The number of nitrogens with zero attached hydrogens (tertiary/aromatic N) is 3. The zero-order chi connectivity index (χ0) is 28.9. The predicted molar refractivity (Wildman–Crippen MR) is 160 cm³/mol. The Morgan fingerprint density at radius 1 is 0.951 bits per heavy atom. The highest BCUT2D eigenvalue weighted by molar-refractivity contribution is 9.10. The number of rotatable bonds is 9. The summed E-state index contributed by atoms with van der Waals surface area (Å²) in [5.41, 5.74) is 1.47. The second kappa shape index (κ2) is 12.7. The van der Waals surface area contributed by atoms with Gasteiger partial charge in [-0.25, -0.2) is 4.79 Å². The van der Waals surface area contributed by atoms with Crippen molar-refractivity contribution < 1.29 is 19.0 Å². The third-order valence-electron chi connectivity index (χ3n) is 7.37. The van der Waals surface area contributed by atoms with Crippen molar-refractivity contribution in [1.29, 1.82) is 0 Å². The summed E-state index contributed by atoms with van der Waals surface area (Å²) in [6.07, 6.45) is 1.43. The highest BCUT2D eigenvalue weighted by Gasteiger charge is 2.28. The first-order chi connectivity index (χ1) is 19.9. The average molecular weight is 623 g/mol. The van der Waals surface area contributed by atoms with Crippen molar-refractivity contribution in [2.75, 3.05) is 33.9 Å². The van der Waals surface area contributed by atoms with Gasteiger partial charge in [0.25, 0.3) is 5.56 Å². The molecule has 0 N–H and O–H groups in total. The molecule has 0 saturated carbocycles. The molecule has 1 fully saturated rings. The van der Waals surface area contributed by atoms with Crippen LogP contribution in [0.4, 0.5) is 0 Å². The van der Waals surface area contributed by atoms with Crippen LogP contribution in [0.3, 0.4) is 0 Å². The summed E-state index contributed by atoms with van der Waals surface area (Å²) >= 11 is 3.47. The number of benzene rings is 3. The number of hydrogen-bond acceptors (Lipinski definition) is 6. The van der Waals surface area contributed by atoms with E-state index in [1.165, 1.54) is 11.7 Å². The lowest BCUT2D eigenvalue weighted by Crippen LogP contribution is -2.47. The quantitative estimate of drug-likeness (QED) is 0.276. The van der Waals surface area contributed by atoms with Crippen LogP contribution in [0.25, 0.3) is 10.9 Å². The third-order valence-corrected chi connectivity index (χ3v) is 7.86. The van der Waals surface area contributed by atoms with Gasteiger partial charge in [-0.05, 0) is 54.3 Å². The summed E-state index contributed by atoms with van der Waals surface area (Å²) in [5.74, 6) is 0.949. The lowest BCUT2D eigenvalue weighted by Gasteiger charge is -2.34. The second-order valence-electron chi connectivity index (χ2n) is 10.0. The van der Waals surface area contributed by atoms with Crippen molar-refractivity contribution in [1.82, 2.24) is 14.0 Å². The summed E-state index contributed by atoms with van der Waals surface area (Å²) in [6, 6.07) is 20.1. The van der Waals surface area contributed by atoms with Gasteiger partial charge in [0.1, 0.15) is 6.61 Å². The van der Waals surface area contributed by atoms with Crippen LogP contribution >= 0.6 is 15.9 Å². The van der Waals surface area contributed by atoms with Crippen molar-refractivity contribution in [3.63, 3.8) is 0 Å². The van der Waals surface area contributed by atoms with Gasteiger partial charge in [-0.2, -0.15) is 0 Å². The number of piperidine rings is 1. The largest absolute Gasteiger partial charge is 0.493 e. The number of amides is 1. The molecule has 9 nitrogen and oxygen atoms in total. The van der Waals surface area contributed by atoms with E-state index >= 15 is 0 Å². The van der Waals surface area contributed by atoms with Crippen molar-refractivity contribution in [3.05, 3.63) is 103 Å². The van der Waals surface area contributed by atoms with Gasteiger partial charge in [-0.1, -0.05) is 52.3 Å². The Bertz CT molecular complexity index is 1670. The average Bonchev–Trinajstić information content (AvgIpc) is 3.00. The maximum Gasteiger partial charge on any atom is 0.332 e. The molecule has 1 atom stereocenters. The van der Waals surface area contributed by atoms with Crippen LogP contribution in [0.1, 0.15) is 30.0 Å².